The summed E-state index contributed by atoms with van der Waals surface area (Å²) in [5.41, 5.74) is 2.12. The first kappa shape index (κ1) is 19.3. The van der Waals surface area contributed by atoms with Gasteiger partial charge in [0.15, 0.2) is 0 Å². The number of halogens is 2. The Labute approximate surface area is 156 Å². The highest BCUT2D eigenvalue weighted by Gasteiger charge is 2.41. The molecule has 1 aromatic rings. The monoisotopic (exact) mass is 360 g/mol. The van der Waals surface area contributed by atoms with Crippen LogP contribution in [-0.2, 0) is 4.74 Å². The minimum Gasteiger partial charge on any atom is -0.370 e. The molecule has 1 aromatic carbocycles. The molecule has 1 fully saturated rings. The van der Waals surface area contributed by atoms with E-state index >= 15 is 0 Å². The average molecular weight is 360 g/mol. The molecule has 0 amide bonds. The van der Waals surface area contributed by atoms with E-state index in [0.29, 0.717) is 18.8 Å². The van der Waals surface area contributed by atoms with Gasteiger partial charge in [-0.05, 0) is 55.6 Å². The molecule has 0 aliphatic heterocycles. The van der Waals surface area contributed by atoms with Crippen LogP contribution in [0.25, 0.3) is 5.57 Å². The zero-order valence-corrected chi connectivity index (χ0v) is 15.7. The van der Waals surface area contributed by atoms with Crippen LogP contribution in [0.1, 0.15) is 57.4 Å². The van der Waals surface area contributed by atoms with Gasteiger partial charge in [-0.3, -0.25) is 0 Å². The molecule has 0 saturated heterocycles. The molecule has 0 heterocycles. The van der Waals surface area contributed by atoms with Gasteiger partial charge in [-0.15, -0.1) is 0 Å². The Kier molecular flexibility index (Phi) is 6.63. The maximum Gasteiger partial charge on any atom is 0.241 e. The zero-order chi connectivity index (χ0) is 18.4. The van der Waals surface area contributed by atoms with Crippen molar-refractivity contribution < 1.29 is 13.5 Å². The number of allylic oxidation sites excluding steroid dienone is 2. The Bertz CT molecular complexity index is 614. The van der Waals surface area contributed by atoms with Crippen molar-refractivity contribution >= 4 is 5.57 Å². The minimum atomic E-state index is -2.18. The maximum absolute atomic E-state index is 13.0. The Morgan fingerprint density at radius 2 is 1.85 bits per heavy atom. The summed E-state index contributed by atoms with van der Waals surface area (Å²) in [6.07, 6.45) is 10.3. The van der Waals surface area contributed by atoms with Crippen molar-refractivity contribution in [1.29, 1.82) is 0 Å². The molecule has 1 nitrogen and oxygen atoms in total. The van der Waals surface area contributed by atoms with E-state index in [4.69, 9.17) is 4.74 Å². The van der Waals surface area contributed by atoms with E-state index in [0.717, 1.165) is 38.7 Å². The number of alkyl halides is 2. The van der Waals surface area contributed by atoms with Crippen LogP contribution in [0.15, 0.2) is 48.6 Å². The summed E-state index contributed by atoms with van der Waals surface area (Å²) >= 11 is 0. The van der Waals surface area contributed by atoms with Gasteiger partial charge in [-0.1, -0.05) is 61.9 Å². The second-order valence-corrected chi connectivity index (χ2v) is 7.67. The van der Waals surface area contributed by atoms with Crippen molar-refractivity contribution in [3.63, 3.8) is 0 Å². The van der Waals surface area contributed by atoms with Crippen LogP contribution in [0.2, 0.25) is 0 Å². The molecule has 0 aromatic heterocycles. The number of hydrogen-bond acceptors (Lipinski definition) is 1. The van der Waals surface area contributed by atoms with Gasteiger partial charge in [0, 0.05) is 12.5 Å². The molecule has 3 rings (SSSR count). The molecule has 0 spiro atoms. The topological polar surface area (TPSA) is 9.23 Å². The molecule has 1 atom stereocenters. The standard InChI is InChI=1S/C23H30F2O/c1-2-3-17-26-23(21-11-9-20(10-12-21)22(24)25)15-13-19(14-16-23)18-7-5-4-6-8-18/h4-8,13-15,20-22H,2-3,9-12,16-17H2,1H3. The van der Waals surface area contributed by atoms with Gasteiger partial charge in [0.2, 0.25) is 6.43 Å². The normalized spacial score (nSPS) is 29.0. The van der Waals surface area contributed by atoms with E-state index in [1.807, 2.05) is 6.07 Å². The third-order valence-electron chi connectivity index (χ3n) is 5.98. The number of benzene rings is 1. The lowest BCUT2D eigenvalue weighted by Crippen LogP contribution is -2.42. The number of hydrogen-bond donors (Lipinski definition) is 0. The van der Waals surface area contributed by atoms with E-state index in [-0.39, 0.29) is 5.60 Å². The Hall–Kier alpha value is -1.48. The van der Waals surface area contributed by atoms with Crippen LogP contribution in [0.5, 0.6) is 0 Å². The number of unbranched alkanes of at least 4 members (excludes halogenated alkanes) is 1. The molecule has 142 valence electrons. The average Bonchev–Trinajstić information content (AvgIpc) is 2.69. The Balaban J connectivity index is 1.72. The minimum absolute atomic E-state index is 0.319. The van der Waals surface area contributed by atoms with E-state index in [9.17, 15) is 8.78 Å². The zero-order valence-electron chi connectivity index (χ0n) is 15.7. The van der Waals surface area contributed by atoms with Crippen molar-refractivity contribution in [2.24, 2.45) is 11.8 Å². The fraction of sp³-hybridized carbons (Fsp3) is 0.565. The summed E-state index contributed by atoms with van der Waals surface area (Å²) in [6, 6.07) is 10.4. The molecular weight excluding hydrogens is 330 g/mol. The van der Waals surface area contributed by atoms with E-state index < -0.39 is 12.3 Å². The molecule has 0 N–H and O–H groups in total. The molecule has 2 aliphatic carbocycles. The Morgan fingerprint density at radius 1 is 1.12 bits per heavy atom. The molecule has 0 radical (unpaired) electrons. The summed E-state index contributed by atoms with van der Waals surface area (Å²) in [5.74, 6) is -0.0962. The largest absolute Gasteiger partial charge is 0.370 e. The summed E-state index contributed by atoms with van der Waals surface area (Å²) in [5, 5.41) is 0. The van der Waals surface area contributed by atoms with Crippen LogP contribution in [0.4, 0.5) is 8.78 Å². The molecule has 2 aliphatic rings. The quantitative estimate of drug-likeness (QED) is 0.494. The maximum atomic E-state index is 13.0. The summed E-state index contributed by atoms with van der Waals surface area (Å²) < 4.78 is 32.4. The van der Waals surface area contributed by atoms with E-state index in [2.05, 4.69) is 49.4 Å². The lowest BCUT2D eigenvalue weighted by Gasteiger charge is -2.43. The lowest BCUT2D eigenvalue weighted by molar-refractivity contribution is -0.0719. The first-order chi connectivity index (χ1) is 12.6. The fourth-order valence-electron chi connectivity index (χ4n) is 4.28. The number of ether oxygens (including phenoxy) is 1. The van der Waals surface area contributed by atoms with E-state index in [1.165, 1.54) is 11.1 Å². The van der Waals surface area contributed by atoms with Crippen LogP contribution in [0.3, 0.4) is 0 Å². The van der Waals surface area contributed by atoms with Gasteiger partial charge in [0.05, 0.1) is 5.60 Å². The first-order valence-electron chi connectivity index (χ1n) is 10.0. The predicted octanol–water partition coefficient (Wildman–Crippen LogP) is 6.66. The van der Waals surface area contributed by atoms with E-state index in [1.54, 1.807) is 0 Å². The molecule has 26 heavy (non-hydrogen) atoms. The van der Waals surface area contributed by atoms with Gasteiger partial charge in [0.1, 0.15) is 0 Å². The van der Waals surface area contributed by atoms with Crippen molar-refractivity contribution in [2.75, 3.05) is 6.61 Å². The van der Waals surface area contributed by atoms with Crippen LogP contribution in [-0.4, -0.2) is 18.6 Å². The summed E-state index contributed by atoms with van der Waals surface area (Å²) in [6.45, 7) is 2.90. The molecule has 3 heteroatoms. The first-order valence-corrected chi connectivity index (χ1v) is 10.0. The van der Waals surface area contributed by atoms with Crippen molar-refractivity contribution in [2.45, 2.75) is 63.9 Å². The van der Waals surface area contributed by atoms with Gasteiger partial charge in [-0.2, -0.15) is 0 Å². The molecular formula is C23H30F2O. The summed E-state index contributed by atoms with van der Waals surface area (Å²) in [4.78, 5) is 0. The third-order valence-corrected chi connectivity index (χ3v) is 5.98. The fourth-order valence-corrected chi connectivity index (χ4v) is 4.28. The number of rotatable bonds is 7. The molecule has 1 unspecified atom stereocenters. The third kappa shape index (κ3) is 4.43. The second-order valence-electron chi connectivity index (χ2n) is 7.67. The SMILES string of the molecule is CCCCOC1(C2CCC(C(F)F)CC2)C=CC(c2ccccc2)=CC1. The highest BCUT2D eigenvalue weighted by Crippen LogP contribution is 2.44. The highest BCUT2D eigenvalue weighted by atomic mass is 19.3. The van der Waals surface area contributed by atoms with Crippen molar-refractivity contribution in [1.82, 2.24) is 0 Å². The Morgan fingerprint density at radius 3 is 2.42 bits per heavy atom. The smallest absolute Gasteiger partial charge is 0.241 e. The summed E-state index contributed by atoms with van der Waals surface area (Å²) in [7, 11) is 0. The van der Waals surface area contributed by atoms with Crippen LogP contribution < -0.4 is 0 Å². The second kappa shape index (κ2) is 8.94. The van der Waals surface area contributed by atoms with Gasteiger partial charge >= 0.3 is 0 Å². The van der Waals surface area contributed by atoms with Gasteiger partial charge < -0.3 is 4.74 Å². The van der Waals surface area contributed by atoms with Crippen molar-refractivity contribution in [3.8, 4) is 0 Å². The van der Waals surface area contributed by atoms with Gasteiger partial charge in [0.25, 0.3) is 0 Å². The highest BCUT2D eigenvalue weighted by molar-refractivity contribution is 5.75. The molecule has 0 bridgehead atoms. The van der Waals surface area contributed by atoms with Crippen LogP contribution in [0, 0.1) is 11.8 Å². The van der Waals surface area contributed by atoms with Gasteiger partial charge in [-0.25, -0.2) is 8.78 Å². The lowest BCUT2D eigenvalue weighted by atomic mass is 9.70. The predicted molar refractivity (Wildman–Crippen MR) is 103 cm³/mol. The molecule has 1 saturated carbocycles. The van der Waals surface area contributed by atoms with Crippen molar-refractivity contribution in [3.05, 3.63) is 54.1 Å². The van der Waals surface area contributed by atoms with Crippen LogP contribution >= 0.6 is 0 Å².